The molecule has 1 N–H and O–H groups in total. The summed E-state index contributed by atoms with van der Waals surface area (Å²) < 4.78 is 33.3. The highest BCUT2D eigenvalue weighted by atomic mass is 32.2. The van der Waals surface area contributed by atoms with Crippen LogP contribution in [0.2, 0.25) is 0 Å². The molecule has 0 bridgehead atoms. The number of piperidine rings is 1. The number of hydrogen-bond acceptors (Lipinski definition) is 4. The van der Waals surface area contributed by atoms with Crippen molar-refractivity contribution in [2.24, 2.45) is 0 Å². The molecule has 1 aromatic rings. The van der Waals surface area contributed by atoms with Gasteiger partial charge in [0.25, 0.3) is 10.2 Å². The number of hydrogen-bond donors (Lipinski definition) is 1. The minimum absolute atomic E-state index is 0.202. The molecule has 0 radical (unpaired) electrons. The average molecular weight is 312 g/mol. The normalized spacial score (nSPS) is 20.1. The Kier molecular flexibility index (Phi) is 5.33. The molecule has 1 atom stereocenters. The largest absolute Gasteiger partial charge is 0.468 e. The van der Waals surface area contributed by atoms with Gasteiger partial charge in [0.1, 0.15) is 6.04 Å². The van der Waals surface area contributed by atoms with E-state index in [0.29, 0.717) is 13.0 Å². The van der Waals surface area contributed by atoms with E-state index in [2.05, 4.69) is 4.72 Å². The molecule has 0 unspecified atom stereocenters. The Bertz CT molecular complexity index is 574. The van der Waals surface area contributed by atoms with Gasteiger partial charge in [-0.3, -0.25) is 4.79 Å². The highest BCUT2D eigenvalue weighted by Crippen LogP contribution is 2.21. The molecule has 6 nitrogen and oxygen atoms in total. The Morgan fingerprint density at radius 3 is 2.71 bits per heavy atom. The topological polar surface area (TPSA) is 75.7 Å². The Hall–Kier alpha value is -1.44. The van der Waals surface area contributed by atoms with Crippen molar-refractivity contribution in [2.45, 2.75) is 31.8 Å². The summed E-state index contributed by atoms with van der Waals surface area (Å²) in [5.74, 6) is -0.500. The average Bonchev–Trinajstić information content (AvgIpc) is 2.53. The van der Waals surface area contributed by atoms with Gasteiger partial charge >= 0.3 is 5.97 Å². The Morgan fingerprint density at radius 1 is 1.33 bits per heavy atom. The van der Waals surface area contributed by atoms with Crippen molar-refractivity contribution >= 4 is 16.2 Å². The van der Waals surface area contributed by atoms with Crippen LogP contribution in [0.1, 0.15) is 24.8 Å². The number of carbonyl (C=O) groups is 1. The van der Waals surface area contributed by atoms with Gasteiger partial charge < -0.3 is 4.74 Å². The van der Waals surface area contributed by atoms with Crippen LogP contribution in [0, 0.1) is 0 Å². The highest BCUT2D eigenvalue weighted by molar-refractivity contribution is 7.87. The Labute approximate surface area is 125 Å². The first-order valence-electron chi connectivity index (χ1n) is 6.93. The quantitative estimate of drug-likeness (QED) is 0.825. The Morgan fingerprint density at radius 2 is 2.05 bits per heavy atom. The van der Waals surface area contributed by atoms with E-state index >= 15 is 0 Å². The molecule has 21 heavy (non-hydrogen) atoms. The molecule has 2 rings (SSSR count). The highest BCUT2D eigenvalue weighted by Gasteiger charge is 2.37. The second kappa shape index (κ2) is 7.02. The smallest absolute Gasteiger partial charge is 0.324 e. The number of nitrogens with zero attached hydrogens (tertiary/aromatic N) is 1. The van der Waals surface area contributed by atoms with Crippen LogP contribution in [0.25, 0.3) is 0 Å². The number of benzene rings is 1. The maximum atomic E-state index is 12.4. The van der Waals surface area contributed by atoms with E-state index in [0.717, 1.165) is 18.4 Å². The molecule has 0 amide bonds. The third-order valence-corrected chi connectivity index (χ3v) is 5.10. The molecule has 0 spiro atoms. The summed E-state index contributed by atoms with van der Waals surface area (Å²) in [4.78, 5) is 11.7. The van der Waals surface area contributed by atoms with Crippen molar-refractivity contribution in [3.63, 3.8) is 0 Å². The van der Waals surface area contributed by atoms with E-state index in [1.165, 1.54) is 11.4 Å². The number of ether oxygens (including phenoxy) is 1. The van der Waals surface area contributed by atoms with Crippen LogP contribution in [0.5, 0.6) is 0 Å². The van der Waals surface area contributed by atoms with Gasteiger partial charge in [-0.25, -0.2) is 0 Å². The van der Waals surface area contributed by atoms with Crippen LogP contribution in [0.15, 0.2) is 30.3 Å². The number of rotatable bonds is 5. The van der Waals surface area contributed by atoms with Gasteiger partial charge in [0, 0.05) is 13.1 Å². The molecule has 0 saturated carbocycles. The lowest BCUT2D eigenvalue weighted by molar-refractivity contribution is -0.146. The molecule has 1 aliphatic heterocycles. The van der Waals surface area contributed by atoms with E-state index in [-0.39, 0.29) is 6.54 Å². The van der Waals surface area contributed by atoms with E-state index < -0.39 is 22.2 Å². The van der Waals surface area contributed by atoms with Crippen LogP contribution in [0.4, 0.5) is 0 Å². The minimum atomic E-state index is -3.70. The first kappa shape index (κ1) is 15.9. The fourth-order valence-corrected chi connectivity index (χ4v) is 3.83. The van der Waals surface area contributed by atoms with Gasteiger partial charge in [-0.2, -0.15) is 17.4 Å². The van der Waals surface area contributed by atoms with Crippen LogP contribution in [-0.2, 0) is 26.3 Å². The molecular weight excluding hydrogens is 292 g/mol. The van der Waals surface area contributed by atoms with E-state index in [1.54, 1.807) is 0 Å². The number of esters is 1. The zero-order valence-corrected chi connectivity index (χ0v) is 12.8. The molecule has 0 aliphatic carbocycles. The van der Waals surface area contributed by atoms with Crippen molar-refractivity contribution < 1.29 is 17.9 Å². The maximum absolute atomic E-state index is 12.4. The molecule has 1 heterocycles. The number of methoxy groups -OCH3 is 1. The van der Waals surface area contributed by atoms with Crippen LogP contribution in [0.3, 0.4) is 0 Å². The summed E-state index contributed by atoms with van der Waals surface area (Å²) in [6, 6.07) is 8.53. The van der Waals surface area contributed by atoms with Gasteiger partial charge in [0.2, 0.25) is 0 Å². The van der Waals surface area contributed by atoms with Crippen LogP contribution < -0.4 is 4.72 Å². The molecule has 1 aliphatic rings. The van der Waals surface area contributed by atoms with Gasteiger partial charge in [-0.05, 0) is 24.8 Å². The zero-order valence-electron chi connectivity index (χ0n) is 12.0. The monoisotopic (exact) mass is 312 g/mol. The van der Waals surface area contributed by atoms with Crippen LogP contribution in [-0.4, -0.2) is 38.4 Å². The van der Waals surface area contributed by atoms with Gasteiger partial charge in [-0.1, -0.05) is 30.3 Å². The third kappa shape index (κ3) is 4.03. The molecule has 116 valence electrons. The summed E-state index contributed by atoms with van der Waals surface area (Å²) in [5.41, 5.74) is 0.868. The fraction of sp³-hybridized carbons (Fsp3) is 0.500. The zero-order chi connectivity index (χ0) is 15.3. The predicted octanol–water partition coefficient (Wildman–Crippen LogP) is 1.05. The van der Waals surface area contributed by atoms with Crippen molar-refractivity contribution in [3.8, 4) is 0 Å². The number of nitrogens with one attached hydrogen (secondary N) is 1. The van der Waals surface area contributed by atoms with E-state index in [9.17, 15) is 13.2 Å². The van der Waals surface area contributed by atoms with Gasteiger partial charge in [-0.15, -0.1) is 0 Å². The van der Waals surface area contributed by atoms with E-state index in [1.807, 2.05) is 30.3 Å². The second-order valence-electron chi connectivity index (χ2n) is 4.96. The summed E-state index contributed by atoms with van der Waals surface area (Å²) in [6.07, 6.45) is 2.07. The molecule has 0 aromatic heterocycles. The standard InChI is InChI=1S/C14H20N2O4S/c1-20-14(17)13-9-5-6-10-16(13)21(18,19)15-11-12-7-3-2-4-8-12/h2-4,7-8,13,15H,5-6,9-11H2,1H3/t13-/m1/s1. The lowest BCUT2D eigenvalue weighted by atomic mass is 10.1. The van der Waals surface area contributed by atoms with Gasteiger partial charge in [0.15, 0.2) is 0 Å². The molecule has 1 fully saturated rings. The molecule has 7 heteroatoms. The van der Waals surface area contributed by atoms with Crippen molar-refractivity contribution in [1.29, 1.82) is 0 Å². The van der Waals surface area contributed by atoms with Crippen molar-refractivity contribution in [2.75, 3.05) is 13.7 Å². The number of carbonyl (C=O) groups excluding carboxylic acids is 1. The molecular formula is C14H20N2O4S. The third-order valence-electron chi connectivity index (χ3n) is 3.54. The lowest BCUT2D eigenvalue weighted by Gasteiger charge is -2.32. The second-order valence-corrected chi connectivity index (χ2v) is 6.67. The Balaban J connectivity index is 2.07. The van der Waals surface area contributed by atoms with Crippen LogP contribution >= 0.6 is 0 Å². The lowest BCUT2D eigenvalue weighted by Crippen LogP contribution is -2.52. The molecule has 1 aromatic carbocycles. The minimum Gasteiger partial charge on any atom is -0.468 e. The van der Waals surface area contributed by atoms with Crippen molar-refractivity contribution in [1.82, 2.24) is 9.03 Å². The predicted molar refractivity (Wildman–Crippen MR) is 78.6 cm³/mol. The fourth-order valence-electron chi connectivity index (χ4n) is 2.42. The van der Waals surface area contributed by atoms with Gasteiger partial charge in [0.05, 0.1) is 7.11 Å². The summed E-state index contributed by atoms with van der Waals surface area (Å²) in [6.45, 7) is 0.539. The summed E-state index contributed by atoms with van der Waals surface area (Å²) in [7, 11) is -2.43. The first-order chi connectivity index (χ1) is 10.0. The van der Waals surface area contributed by atoms with Crippen molar-refractivity contribution in [3.05, 3.63) is 35.9 Å². The summed E-state index contributed by atoms with van der Waals surface area (Å²) >= 11 is 0. The first-order valence-corrected chi connectivity index (χ1v) is 8.37. The SMILES string of the molecule is COC(=O)[C@H]1CCCCN1S(=O)(=O)NCc1ccccc1. The van der Waals surface area contributed by atoms with E-state index in [4.69, 9.17) is 4.74 Å². The maximum Gasteiger partial charge on any atom is 0.324 e. The summed E-state index contributed by atoms with van der Waals surface area (Å²) in [5, 5.41) is 0. The molecule has 1 saturated heterocycles.